The average molecular weight is 160 g/mol. The molecule has 0 bridgehead atoms. The first kappa shape index (κ1) is 5.69. The van der Waals surface area contributed by atoms with E-state index in [4.69, 9.17) is 0 Å². The van der Waals surface area contributed by atoms with Gasteiger partial charge in [0.05, 0.1) is 0 Å². The molecule has 1 fully saturated rings. The number of hydrogen-bond acceptors (Lipinski definition) is 0. The van der Waals surface area contributed by atoms with Crippen molar-refractivity contribution in [2.24, 2.45) is 0 Å². The molecule has 1 aliphatic rings. The van der Waals surface area contributed by atoms with Gasteiger partial charge in [0.15, 0.2) is 0 Å². The maximum absolute atomic E-state index is 2.50. The molecule has 0 aromatic rings. The summed E-state index contributed by atoms with van der Waals surface area (Å²) in [5.74, 6) is 0. The van der Waals surface area contributed by atoms with Crippen molar-refractivity contribution >= 4 is 14.7 Å². The molecule has 0 saturated heterocycles. The van der Waals surface area contributed by atoms with E-state index in [1.165, 1.54) is 9.91 Å². The first-order valence-electron chi connectivity index (χ1n) is 3.05. The Hall–Kier alpha value is 0.558. The molecular formula is C6H13As. The standard InChI is InChI=1S/C6H13As/c1-3-7(2)6-4-5-6/h6H,3-5H2,1-2H3. The Bertz CT molecular complexity index is 57.2. The van der Waals surface area contributed by atoms with Crippen LogP contribution in [0.15, 0.2) is 0 Å². The molecule has 0 nitrogen and oxygen atoms in total. The van der Waals surface area contributed by atoms with Gasteiger partial charge in [0.2, 0.25) is 0 Å². The maximum atomic E-state index is 2.50. The monoisotopic (exact) mass is 160 g/mol. The van der Waals surface area contributed by atoms with E-state index in [0.717, 1.165) is 0 Å². The van der Waals surface area contributed by atoms with Gasteiger partial charge in [-0.2, -0.15) is 0 Å². The van der Waals surface area contributed by atoms with Crippen molar-refractivity contribution in [3.05, 3.63) is 0 Å². The Balaban J connectivity index is 2.10. The molecule has 0 radical (unpaired) electrons. The van der Waals surface area contributed by atoms with E-state index >= 15 is 0 Å². The predicted molar refractivity (Wildman–Crippen MR) is 35.1 cm³/mol. The molecule has 0 heterocycles. The van der Waals surface area contributed by atoms with Gasteiger partial charge in [-0.25, -0.2) is 0 Å². The van der Waals surface area contributed by atoms with Gasteiger partial charge in [0.25, 0.3) is 0 Å². The van der Waals surface area contributed by atoms with Crippen LogP contribution >= 0.6 is 0 Å². The van der Waals surface area contributed by atoms with Crippen LogP contribution in [0, 0.1) is 0 Å². The zero-order chi connectivity index (χ0) is 5.28. The zero-order valence-electron chi connectivity index (χ0n) is 5.15. The summed E-state index contributed by atoms with van der Waals surface area (Å²) in [6.07, 6.45) is 3.15. The Morgan fingerprint density at radius 2 is 2.14 bits per heavy atom. The topological polar surface area (TPSA) is 0 Å². The van der Waals surface area contributed by atoms with Crippen molar-refractivity contribution in [3.8, 4) is 0 Å². The SMILES string of the molecule is CC[As](C)C1CC1. The molecule has 42 valence electrons. The fourth-order valence-corrected chi connectivity index (χ4v) is 4.02. The van der Waals surface area contributed by atoms with Gasteiger partial charge in [-0.3, -0.25) is 0 Å². The second-order valence-electron chi connectivity index (χ2n) is 2.30. The molecule has 1 rings (SSSR count). The van der Waals surface area contributed by atoms with Gasteiger partial charge in [0.1, 0.15) is 0 Å². The summed E-state index contributed by atoms with van der Waals surface area (Å²) >= 11 is -0.201. The van der Waals surface area contributed by atoms with Gasteiger partial charge in [0, 0.05) is 0 Å². The first-order chi connectivity index (χ1) is 3.34. The number of hydrogen-bond donors (Lipinski definition) is 0. The molecule has 0 aromatic heterocycles. The summed E-state index contributed by atoms with van der Waals surface area (Å²) in [5.41, 5.74) is 2.50. The molecular weight excluding hydrogens is 147 g/mol. The molecule has 1 atom stereocenters. The van der Waals surface area contributed by atoms with Gasteiger partial charge < -0.3 is 0 Å². The second-order valence-corrected chi connectivity index (χ2v) is 8.34. The van der Waals surface area contributed by atoms with Crippen molar-refractivity contribution < 1.29 is 0 Å². The first-order valence-corrected chi connectivity index (χ1v) is 7.33. The van der Waals surface area contributed by atoms with Crippen molar-refractivity contribution in [2.75, 3.05) is 0 Å². The van der Waals surface area contributed by atoms with Gasteiger partial charge in [-0.15, -0.1) is 0 Å². The van der Waals surface area contributed by atoms with Crippen LogP contribution in [0.1, 0.15) is 19.8 Å². The van der Waals surface area contributed by atoms with E-state index < -0.39 is 0 Å². The van der Waals surface area contributed by atoms with E-state index in [2.05, 4.69) is 12.6 Å². The normalized spacial score (nSPS) is 24.9. The van der Waals surface area contributed by atoms with E-state index in [0.29, 0.717) is 0 Å². The van der Waals surface area contributed by atoms with Crippen molar-refractivity contribution in [2.45, 2.75) is 35.4 Å². The van der Waals surface area contributed by atoms with Crippen molar-refractivity contribution in [1.29, 1.82) is 0 Å². The van der Waals surface area contributed by atoms with Gasteiger partial charge in [-0.1, -0.05) is 0 Å². The van der Waals surface area contributed by atoms with Crippen LogP contribution in [-0.4, -0.2) is 14.7 Å². The quantitative estimate of drug-likeness (QED) is 0.543. The Kier molecular flexibility index (Phi) is 1.80. The third-order valence-electron chi connectivity index (χ3n) is 1.67. The minimum atomic E-state index is -0.201. The predicted octanol–water partition coefficient (Wildman–Crippen LogP) is 2.29. The van der Waals surface area contributed by atoms with Gasteiger partial charge in [-0.05, 0) is 0 Å². The molecule has 0 aliphatic heterocycles. The van der Waals surface area contributed by atoms with E-state index in [1.807, 2.05) is 0 Å². The molecule has 0 amide bonds. The van der Waals surface area contributed by atoms with Crippen LogP contribution in [0.2, 0.25) is 15.6 Å². The Morgan fingerprint density at radius 1 is 1.57 bits per heavy atom. The van der Waals surface area contributed by atoms with Crippen LogP contribution in [-0.2, 0) is 0 Å². The molecule has 1 heteroatoms. The molecule has 1 aliphatic carbocycles. The van der Waals surface area contributed by atoms with Gasteiger partial charge >= 0.3 is 50.0 Å². The van der Waals surface area contributed by atoms with Crippen molar-refractivity contribution in [3.63, 3.8) is 0 Å². The minimum absolute atomic E-state index is 0.201. The summed E-state index contributed by atoms with van der Waals surface area (Å²) in [6.45, 7) is 2.35. The second kappa shape index (κ2) is 2.22. The van der Waals surface area contributed by atoms with Crippen LogP contribution < -0.4 is 0 Å². The molecule has 1 saturated carbocycles. The summed E-state index contributed by atoms with van der Waals surface area (Å²) in [4.78, 5) is 0. The number of rotatable bonds is 2. The van der Waals surface area contributed by atoms with Crippen LogP contribution in [0.4, 0.5) is 0 Å². The Morgan fingerprint density at radius 3 is 2.29 bits per heavy atom. The van der Waals surface area contributed by atoms with Crippen molar-refractivity contribution in [1.82, 2.24) is 0 Å². The molecule has 0 aromatic carbocycles. The third kappa shape index (κ3) is 1.49. The fourth-order valence-electron chi connectivity index (χ4n) is 0.774. The fraction of sp³-hybridized carbons (Fsp3) is 1.00. The van der Waals surface area contributed by atoms with Crippen LogP contribution in [0.3, 0.4) is 0 Å². The molecule has 7 heavy (non-hydrogen) atoms. The molecule has 0 N–H and O–H groups in total. The average Bonchev–Trinajstić information content (AvgIpc) is 2.44. The van der Waals surface area contributed by atoms with E-state index in [1.54, 1.807) is 12.8 Å². The zero-order valence-corrected chi connectivity index (χ0v) is 7.02. The molecule has 1 unspecified atom stereocenters. The van der Waals surface area contributed by atoms with E-state index in [9.17, 15) is 0 Å². The van der Waals surface area contributed by atoms with Crippen LogP contribution in [0.25, 0.3) is 0 Å². The molecule has 0 spiro atoms. The summed E-state index contributed by atoms with van der Waals surface area (Å²) in [6, 6.07) is 0. The summed E-state index contributed by atoms with van der Waals surface area (Å²) < 4.78 is 1.26. The third-order valence-corrected chi connectivity index (χ3v) is 7.46. The summed E-state index contributed by atoms with van der Waals surface area (Å²) in [5, 5.41) is 1.53. The summed E-state index contributed by atoms with van der Waals surface area (Å²) in [7, 11) is 0. The van der Waals surface area contributed by atoms with Crippen LogP contribution in [0.5, 0.6) is 0 Å². The Labute approximate surface area is 50.6 Å². The van der Waals surface area contributed by atoms with E-state index in [-0.39, 0.29) is 14.7 Å².